The number of nitrogens with two attached hydrogens (primary N) is 1. The van der Waals surface area contributed by atoms with Gasteiger partial charge in [-0.1, -0.05) is 6.42 Å². The first kappa shape index (κ1) is 12.1. The molecule has 2 N–H and O–H groups in total. The molecule has 3 heteroatoms. The van der Waals surface area contributed by atoms with Crippen LogP contribution in [0.15, 0.2) is 24.5 Å². The number of nitrogens with zero attached hydrogens (tertiary/aromatic N) is 2. The smallest absolute Gasteiger partial charge is 0.0270 e. The van der Waals surface area contributed by atoms with Crippen molar-refractivity contribution in [1.82, 2.24) is 9.88 Å². The second-order valence-electron chi connectivity index (χ2n) is 5.81. The molecule has 0 aromatic carbocycles. The van der Waals surface area contributed by atoms with Crippen molar-refractivity contribution in [3.63, 3.8) is 0 Å². The van der Waals surface area contributed by atoms with Crippen LogP contribution >= 0.6 is 0 Å². The van der Waals surface area contributed by atoms with Gasteiger partial charge >= 0.3 is 0 Å². The minimum atomic E-state index is 0.442. The highest BCUT2D eigenvalue weighted by Crippen LogP contribution is 2.33. The monoisotopic (exact) mass is 245 g/mol. The van der Waals surface area contributed by atoms with Gasteiger partial charge in [0, 0.05) is 37.1 Å². The third-order valence-corrected chi connectivity index (χ3v) is 4.57. The second-order valence-corrected chi connectivity index (χ2v) is 5.81. The van der Waals surface area contributed by atoms with E-state index in [0.717, 1.165) is 18.5 Å². The van der Waals surface area contributed by atoms with Crippen molar-refractivity contribution >= 4 is 0 Å². The van der Waals surface area contributed by atoms with Crippen molar-refractivity contribution < 1.29 is 0 Å². The number of hydrogen-bond acceptors (Lipinski definition) is 3. The van der Waals surface area contributed by atoms with E-state index in [9.17, 15) is 0 Å². The van der Waals surface area contributed by atoms with E-state index >= 15 is 0 Å². The Labute approximate surface area is 109 Å². The van der Waals surface area contributed by atoms with Gasteiger partial charge in [0.1, 0.15) is 0 Å². The first-order valence-electron chi connectivity index (χ1n) is 7.23. The van der Waals surface area contributed by atoms with E-state index in [1.165, 1.54) is 44.2 Å². The number of fused-ring (bicyclic) bond motifs is 2. The van der Waals surface area contributed by atoms with Crippen molar-refractivity contribution in [2.75, 3.05) is 6.54 Å². The van der Waals surface area contributed by atoms with Crippen molar-refractivity contribution in [2.24, 2.45) is 5.73 Å². The quantitative estimate of drug-likeness (QED) is 0.885. The number of pyridine rings is 1. The molecular formula is C15H23N3. The predicted molar refractivity (Wildman–Crippen MR) is 73.3 cm³/mol. The molecule has 0 saturated carbocycles. The number of rotatable bonds is 3. The van der Waals surface area contributed by atoms with Crippen molar-refractivity contribution in [2.45, 2.75) is 56.7 Å². The molecule has 3 rings (SSSR count). The van der Waals surface area contributed by atoms with E-state index in [1.807, 2.05) is 12.4 Å². The summed E-state index contributed by atoms with van der Waals surface area (Å²) in [5, 5.41) is 0. The standard InChI is InChI=1S/C15H23N3/c16-13-10-14-2-1-3-15(11-13)18(14)9-6-12-4-7-17-8-5-12/h4-5,7-8,13-15H,1-3,6,9-11,16H2. The van der Waals surface area contributed by atoms with Gasteiger partial charge in [-0.15, -0.1) is 0 Å². The molecule has 1 aromatic rings. The summed E-state index contributed by atoms with van der Waals surface area (Å²) < 4.78 is 0. The zero-order valence-corrected chi connectivity index (χ0v) is 11.0. The van der Waals surface area contributed by atoms with Crippen LogP contribution in [0.4, 0.5) is 0 Å². The summed E-state index contributed by atoms with van der Waals surface area (Å²) in [5.41, 5.74) is 7.56. The van der Waals surface area contributed by atoms with Crippen molar-refractivity contribution in [3.05, 3.63) is 30.1 Å². The first-order valence-corrected chi connectivity index (χ1v) is 7.23. The molecule has 2 unspecified atom stereocenters. The Bertz CT molecular complexity index is 365. The molecule has 0 spiro atoms. The molecule has 98 valence electrons. The van der Waals surface area contributed by atoms with Crippen LogP contribution in [0.5, 0.6) is 0 Å². The molecule has 18 heavy (non-hydrogen) atoms. The van der Waals surface area contributed by atoms with Crippen LogP contribution in [0.3, 0.4) is 0 Å². The molecule has 0 amide bonds. The summed E-state index contributed by atoms with van der Waals surface area (Å²) in [6.07, 6.45) is 11.4. The summed E-state index contributed by atoms with van der Waals surface area (Å²) >= 11 is 0. The van der Waals surface area contributed by atoms with Crippen LogP contribution in [0.25, 0.3) is 0 Å². The predicted octanol–water partition coefficient (Wildman–Crippen LogP) is 1.97. The van der Waals surface area contributed by atoms with Crippen LogP contribution in [0.1, 0.15) is 37.7 Å². The molecule has 3 heterocycles. The van der Waals surface area contributed by atoms with Gasteiger partial charge in [0.25, 0.3) is 0 Å². The third-order valence-electron chi connectivity index (χ3n) is 4.57. The lowest BCUT2D eigenvalue weighted by Crippen LogP contribution is -2.55. The Morgan fingerprint density at radius 1 is 1.17 bits per heavy atom. The zero-order valence-electron chi connectivity index (χ0n) is 11.0. The summed E-state index contributed by atoms with van der Waals surface area (Å²) in [6, 6.07) is 6.19. The van der Waals surface area contributed by atoms with E-state index in [2.05, 4.69) is 22.0 Å². The average Bonchev–Trinajstić information content (AvgIpc) is 2.37. The van der Waals surface area contributed by atoms with Crippen LogP contribution in [0.2, 0.25) is 0 Å². The SMILES string of the molecule is NC1CC2CCCC(C1)N2CCc1ccncc1. The maximum absolute atomic E-state index is 6.16. The molecule has 0 radical (unpaired) electrons. The lowest BCUT2D eigenvalue weighted by atomic mass is 9.82. The van der Waals surface area contributed by atoms with Crippen LogP contribution in [0, 0.1) is 0 Å². The lowest BCUT2D eigenvalue weighted by molar-refractivity contribution is 0.0327. The zero-order chi connectivity index (χ0) is 12.4. The topological polar surface area (TPSA) is 42.1 Å². The molecule has 2 fully saturated rings. The number of piperidine rings is 2. The van der Waals surface area contributed by atoms with Crippen molar-refractivity contribution in [3.8, 4) is 0 Å². The Balaban J connectivity index is 1.62. The van der Waals surface area contributed by atoms with Gasteiger partial charge in [0.2, 0.25) is 0 Å². The minimum Gasteiger partial charge on any atom is -0.328 e. The Kier molecular flexibility index (Phi) is 3.62. The van der Waals surface area contributed by atoms with E-state index in [0.29, 0.717) is 6.04 Å². The van der Waals surface area contributed by atoms with Gasteiger partial charge in [-0.25, -0.2) is 0 Å². The van der Waals surface area contributed by atoms with Crippen molar-refractivity contribution in [1.29, 1.82) is 0 Å². The molecule has 3 nitrogen and oxygen atoms in total. The van der Waals surface area contributed by atoms with E-state index < -0.39 is 0 Å². The summed E-state index contributed by atoms with van der Waals surface area (Å²) in [6.45, 7) is 1.19. The van der Waals surface area contributed by atoms with E-state index in [4.69, 9.17) is 5.73 Å². The fourth-order valence-electron chi connectivity index (χ4n) is 3.69. The Morgan fingerprint density at radius 2 is 1.83 bits per heavy atom. The normalized spacial score (nSPS) is 32.4. The van der Waals surface area contributed by atoms with Crippen LogP contribution < -0.4 is 5.73 Å². The van der Waals surface area contributed by atoms with Gasteiger partial charge in [-0.3, -0.25) is 9.88 Å². The largest absolute Gasteiger partial charge is 0.328 e. The summed E-state index contributed by atoms with van der Waals surface area (Å²) in [4.78, 5) is 6.81. The Hall–Kier alpha value is -0.930. The van der Waals surface area contributed by atoms with Gasteiger partial charge in [-0.2, -0.15) is 0 Å². The molecular weight excluding hydrogens is 222 g/mol. The van der Waals surface area contributed by atoms with Gasteiger partial charge in [0.05, 0.1) is 0 Å². The third kappa shape index (κ3) is 2.57. The maximum Gasteiger partial charge on any atom is 0.0270 e. The summed E-state index contributed by atoms with van der Waals surface area (Å²) in [7, 11) is 0. The highest BCUT2D eigenvalue weighted by atomic mass is 15.2. The maximum atomic E-state index is 6.16. The van der Waals surface area contributed by atoms with Gasteiger partial charge < -0.3 is 5.73 Å². The number of hydrogen-bond donors (Lipinski definition) is 1. The fourth-order valence-corrected chi connectivity index (χ4v) is 3.69. The molecule has 2 saturated heterocycles. The lowest BCUT2D eigenvalue weighted by Gasteiger charge is -2.48. The van der Waals surface area contributed by atoms with Crippen LogP contribution in [-0.2, 0) is 6.42 Å². The van der Waals surface area contributed by atoms with Gasteiger partial charge in [-0.05, 0) is 49.8 Å². The van der Waals surface area contributed by atoms with E-state index in [1.54, 1.807) is 0 Å². The first-order chi connectivity index (χ1) is 8.83. The summed E-state index contributed by atoms with van der Waals surface area (Å²) in [5.74, 6) is 0. The molecule has 2 atom stereocenters. The second kappa shape index (κ2) is 5.37. The Morgan fingerprint density at radius 3 is 2.50 bits per heavy atom. The molecule has 2 bridgehead atoms. The average molecular weight is 245 g/mol. The molecule has 1 aromatic heterocycles. The van der Waals surface area contributed by atoms with E-state index in [-0.39, 0.29) is 0 Å². The molecule has 2 aliphatic rings. The highest BCUT2D eigenvalue weighted by Gasteiger charge is 2.36. The minimum absolute atomic E-state index is 0.442. The molecule has 0 aliphatic carbocycles. The fraction of sp³-hybridized carbons (Fsp3) is 0.667. The van der Waals surface area contributed by atoms with Gasteiger partial charge in [0.15, 0.2) is 0 Å². The molecule has 2 aliphatic heterocycles. The van der Waals surface area contributed by atoms with Crippen LogP contribution in [-0.4, -0.2) is 34.6 Å². The number of aromatic nitrogens is 1. The highest BCUT2D eigenvalue weighted by molar-refractivity contribution is 5.10.